The van der Waals surface area contributed by atoms with E-state index in [1.54, 1.807) is 0 Å². The summed E-state index contributed by atoms with van der Waals surface area (Å²) >= 11 is 5.78. The van der Waals surface area contributed by atoms with Gasteiger partial charge in [0.15, 0.2) is 0 Å². The molecule has 0 radical (unpaired) electrons. The van der Waals surface area contributed by atoms with Gasteiger partial charge >= 0.3 is 0 Å². The van der Waals surface area contributed by atoms with Crippen molar-refractivity contribution in [1.29, 1.82) is 0 Å². The molecule has 0 aliphatic heterocycles. The molecule has 0 bridgehead atoms. The fraction of sp³-hybridized carbons (Fsp3) is 0.462. The van der Waals surface area contributed by atoms with Gasteiger partial charge in [-0.2, -0.15) is 0 Å². The number of benzene rings is 1. The maximum absolute atomic E-state index is 12.8. The fourth-order valence-electron chi connectivity index (χ4n) is 1.51. The number of hydrogen-bond acceptors (Lipinski definition) is 2. The Kier molecular flexibility index (Phi) is 5.11. The number of aliphatic hydroxyl groups is 1. The molecular weight excluding hydrogens is 257 g/mol. The Morgan fingerprint density at radius 1 is 1.44 bits per heavy atom. The van der Waals surface area contributed by atoms with Crippen molar-refractivity contribution in [2.24, 2.45) is 0 Å². The van der Waals surface area contributed by atoms with Crippen LogP contribution in [0.3, 0.4) is 0 Å². The number of amides is 1. The highest BCUT2D eigenvalue weighted by molar-refractivity contribution is 6.33. The van der Waals surface area contributed by atoms with Gasteiger partial charge in [-0.25, -0.2) is 4.39 Å². The highest BCUT2D eigenvalue weighted by Gasteiger charge is 2.23. The van der Waals surface area contributed by atoms with Crippen LogP contribution in [-0.4, -0.2) is 23.2 Å². The van der Waals surface area contributed by atoms with Gasteiger partial charge in [-0.3, -0.25) is 4.79 Å². The van der Waals surface area contributed by atoms with Crippen LogP contribution >= 0.6 is 11.6 Å². The summed E-state index contributed by atoms with van der Waals surface area (Å²) in [5.74, 6) is -0.907. The van der Waals surface area contributed by atoms with E-state index in [0.29, 0.717) is 12.8 Å². The molecule has 1 rings (SSSR count). The monoisotopic (exact) mass is 273 g/mol. The Hall–Kier alpha value is -1.13. The number of carbonyl (C=O) groups excluding carboxylic acids is 1. The third-order valence-electron chi connectivity index (χ3n) is 3.07. The molecule has 0 unspecified atom stereocenters. The lowest BCUT2D eigenvalue weighted by atomic mass is 9.97. The molecule has 0 aliphatic rings. The van der Waals surface area contributed by atoms with Crippen molar-refractivity contribution in [3.05, 3.63) is 34.6 Å². The van der Waals surface area contributed by atoms with Crippen molar-refractivity contribution in [3.8, 4) is 0 Å². The molecular formula is C13H17ClFNO2. The van der Waals surface area contributed by atoms with E-state index in [0.717, 1.165) is 6.07 Å². The summed E-state index contributed by atoms with van der Waals surface area (Å²) in [5, 5.41) is 12.7. The molecule has 18 heavy (non-hydrogen) atoms. The summed E-state index contributed by atoms with van der Waals surface area (Å²) in [4.78, 5) is 11.8. The van der Waals surface area contributed by atoms with E-state index in [1.807, 2.05) is 13.8 Å². The van der Waals surface area contributed by atoms with Crippen molar-refractivity contribution in [2.75, 3.05) is 6.54 Å². The average molecular weight is 274 g/mol. The van der Waals surface area contributed by atoms with Crippen LogP contribution in [0.4, 0.5) is 4.39 Å². The number of nitrogens with one attached hydrogen (secondary N) is 1. The topological polar surface area (TPSA) is 49.3 Å². The van der Waals surface area contributed by atoms with Gasteiger partial charge in [-0.15, -0.1) is 0 Å². The first kappa shape index (κ1) is 14.9. The predicted octanol–water partition coefficient (Wildman–Crippen LogP) is 2.76. The molecule has 0 aromatic heterocycles. The van der Waals surface area contributed by atoms with Crippen molar-refractivity contribution >= 4 is 17.5 Å². The van der Waals surface area contributed by atoms with E-state index in [1.165, 1.54) is 12.1 Å². The van der Waals surface area contributed by atoms with Crippen LogP contribution in [0.25, 0.3) is 0 Å². The molecule has 0 saturated heterocycles. The number of rotatable bonds is 5. The Labute approximate surface area is 111 Å². The van der Waals surface area contributed by atoms with Crippen LogP contribution < -0.4 is 5.32 Å². The first-order chi connectivity index (χ1) is 8.41. The van der Waals surface area contributed by atoms with Gasteiger partial charge in [-0.05, 0) is 31.0 Å². The first-order valence-corrected chi connectivity index (χ1v) is 6.25. The summed E-state index contributed by atoms with van der Waals surface area (Å²) < 4.78 is 12.8. The second-order valence-corrected chi connectivity index (χ2v) is 4.65. The Bertz CT molecular complexity index is 433. The van der Waals surface area contributed by atoms with E-state index in [-0.39, 0.29) is 17.1 Å². The van der Waals surface area contributed by atoms with Crippen LogP contribution in [0.15, 0.2) is 18.2 Å². The molecule has 0 spiro atoms. The molecule has 100 valence electrons. The molecule has 0 aliphatic carbocycles. The number of halogens is 2. The molecule has 5 heteroatoms. The van der Waals surface area contributed by atoms with Crippen molar-refractivity contribution in [1.82, 2.24) is 5.32 Å². The summed E-state index contributed by atoms with van der Waals surface area (Å²) in [6, 6.07) is 3.58. The van der Waals surface area contributed by atoms with Gasteiger partial charge in [0, 0.05) is 6.54 Å². The third-order valence-corrected chi connectivity index (χ3v) is 3.38. The van der Waals surface area contributed by atoms with Gasteiger partial charge in [0.05, 0.1) is 16.2 Å². The van der Waals surface area contributed by atoms with E-state index in [4.69, 9.17) is 11.6 Å². The summed E-state index contributed by atoms with van der Waals surface area (Å²) in [6.45, 7) is 3.84. The van der Waals surface area contributed by atoms with E-state index in [2.05, 4.69) is 5.32 Å². The van der Waals surface area contributed by atoms with E-state index < -0.39 is 17.3 Å². The highest BCUT2D eigenvalue weighted by Crippen LogP contribution is 2.18. The molecule has 0 saturated carbocycles. The molecule has 0 fully saturated rings. The van der Waals surface area contributed by atoms with Crippen LogP contribution in [0.2, 0.25) is 5.02 Å². The number of hydrogen-bond donors (Lipinski definition) is 2. The van der Waals surface area contributed by atoms with Crippen LogP contribution in [0, 0.1) is 5.82 Å². The quantitative estimate of drug-likeness (QED) is 0.867. The lowest BCUT2D eigenvalue weighted by molar-refractivity contribution is 0.0314. The predicted molar refractivity (Wildman–Crippen MR) is 69.3 cm³/mol. The van der Waals surface area contributed by atoms with Crippen LogP contribution in [0.5, 0.6) is 0 Å². The van der Waals surface area contributed by atoms with Gasteiger partial charge < -0.3 is 10.4 Å². The zero-order valence-electron chi connectivity index (χ0n) is 10.5. The maximum atomic E-state index is 12.8. The Balaban J connectivity index is 2.71. The maximum Gasteiger partial charge on any atom is 0.252 e. The molecule has 0 atom stereocenters. The summed E-state index contributed by atoms with van der Waals surface area (Å²) in [7, 11) is 0. The van der Waals surface area contributed by atoms with Crippen molar-refractivity contribution < 1.29 is 14.3 Å². The number of carbonyl (C=O) groups is 1. The highest BCUT2D eigenvalue weighted by atomic mass is 35.5. The van der Waals surface area contributed by atoms with Crippen molar-refractivity contribution in [3.63, 3.8) is 0 Å². The fourth-order valence-corrected chi connectivity index (χ4v) is 1.77. The molecule has 3 nitrogen and oxygen atoms in total. The molecule has 1 aromatic carbocycles. The third kappa shape index (κ3) is 3.68. The minimum Gasteiger partial charge on any atom is -0.388 e. The first-order valence-electron chi connectivity index (χ1n) is 5.87. The Morgan fingerprint density at radius 2 is 2.06 bits per heavy atom. The Morgan fingerprint density at radius 3 is 2.56 bits per heavy atom. The van der Waals surface area contributed by atoms with Gasteiger partial charge in [0.1, 0.15) is 5.82 Å². The van der Waals surface area contributed by atoms with Crippen molar-refractivity contribution in [2.45, 2.75) is 32.3 Å². The van der Waals surface area contributed by atoms with E-state index in [9.17, 15) is 14.3 Å². The minimum atomic E-state index is -0.915. The van der Waals surface area contributed by atoms with Crippen LogP contribution in [0.1, 0.15) is 37.0 Å². The molecule has 2 N–H and O–H groups in total. The zero-order chi connectivity index (χ0) is 13.8. The van der Waals surface area contributed by atoms with Gasteiger partial charge in [0.2, 0.25) is 0 Å². The second-order valence-electron chi connectivity index (χ2n) is 4.24. The zero-order valence-corrected chi connectivity index (χ0v) is 11.2. The lowest BCUT2D eigenvalue weighted by Gasteiger charge is -2.25. The second kappa shape index (κ2) is 6.16. The minimum absolute atomic E-state index is 0.0593. The smallest absolute Gasteiger partial charge is 0.252 e. The normalized spacial score (nSPS) is 11.4. The molecule has 1 aromatic rings. The summed E-state index contributed by atoms with van der Waals surface area (Å²) in [5.41, 5.74) is -0.713. The van der Waals surface area contributed by atoms with Gasteiger partial charge in [-0.1, -0.05) is 25.4 Å². The molecule has 1 amide bonds. The standard InChI is InChI=1S/C13H17ClFNO2/c1-3-13(18,4-2)8-16-12(17)10-6-5-9(15)7-11(10)14/h5-7,18H,3-4,8H2,1-2H3,(H,16,17). The summed E-state index contributed by atoms with van der Waals surface area (Å²) in [6.07, 6.45) is 1.09. The molecule has 0 heterocycles. The average Bonchev–Trinajstić information content (AvgIpc) is 2.35. The van der Waals surface area contributed by atoms with Gasteiger partial charge in [0.25, 0.3) is 5.91 Å². The van der Waals surface area contributed by atoms with E-state index >= 15 is 0 Å². The lowest BCUT2D eigenvalue weighted by Crippen LogP contribution is -2.42. The van der Waals surface area contributed by atoms with Crippen LogP contribution in [-0.2, 0) is 0 Å². The SMILES string of the molecule is CCC(O)(CC)CNC(=O)c1ccc(F)cc1Cl. The largest absolute Gasteiger partial charge is 0.388 e.